The zero-order valence-electron chi connectivity index (χ0n) is 12.7. The Kier molecular flexibility index (Phi) is 4.60. The van der Waals surface area contributed by atoms with Crippen LogP contribution in [0.3, 0.4) is 0 Å². The minimum Gasteiger partial charge on any atom is -0.486 e. The Labute approximate surface area is 137 Å². The van der Waals surface area contributed by atoms with E-state index in [0.717, 1.165) is 0 Å². The monoisotopic (exact) mass is 330 g/mol. The molecule has 2 amide bonds. The van der Waals surface area contributed by atoms with Crippen molar-refractivity contribution < 1.29 is 23.5 Å². The fourth-order valence-corrected chi connectivity index (χ4v) is 2.17. The molecule has 0 spiro atoms. The van der Waals surface area contributed by atoms with Crippen molar-refractivity contribution in [2.45, 2.75) is 6.54 Å². The third-order valence-electron chi connectivity index (χ3n) is 3.37. The molecule has 0 fully saturated rings. The summed E-state index contributed by atoms with van der Waals surface area (Å²) in [5.41, 5.74) is 1.12. The number of carbonyl (C=O) groups is 2. The molecule has 0 radical (unpaired) electrons. The molecular formula is C17H15FN2O4. The fraction of sp³-hybridized carbons (Fsp3) is 0.176. The molecule has 1 aliphatic rings. The molecule has 0 aromatic heterocycles. The van der Waals surface area contributed by atoms with Crippen LogP contribution in [0.1, 0.15) is 5.56 Å². The molecule has 7 heteroatoms. The van der Waals surface area contributed by atoms with Gasteiger partial charge in [0.2, 0.25) is 0 Å². The van der Waals surface area contributed by atoms with E-state index in [4.69, 9.17) is 9.47 Å². The smallest absolute Gasteiger partial charge is 0.313 e. The number of hydrogen-bond donors (Lipinski definition) is 2. The number of anilines is 1. The maximum atomic E-state index is 12.8. The molecule has 2 N–H and O–H groups in total. The van der Waals surface area contributed by atoms with Crippen molar-refractivity contribution in [2.75, 3.05) is 18.5 Å². The van der Waals surface area contributed by atoms with Crippen molar-refractivity contribution >= 4 is 17.5 Å². The van der Waals surface area contributed by atoms with Gasteiger partial charge in [0.25, 0.3) is 0 Å². The molecule has 0 atom stereocenters. The van der Waals surface area contributed by atoms with E-state index in [9.17, 15) is 14.0 Å². The van der Waals surface area contributed by atoms with Gasteiger partial charge < -0.3 is 20.1 Å². The van der Waals surface area contributed by atoms with Crippen molar-refractivity contribution in [3.63, 3.8) is 0 Å². The van der Waals surface area contributed by atoms with Gasteiger partial charge in [-0.3, -0.25) is 9.59 Å². The zero-order valence-corrected chi connectivity index (χ0v) is 12.7. The van der Waals surface area contributed by atoms with E-state index in [-0.39, 0.29) is 12.4 Å². The minimum absolute atomic E-state index is 0.133. The maximum Gasteiger partial charge on any atom is 0.313 e. The minimum atomic E-state index is -0.797. The highest BCUT2D eigenvalue weighted by molar-refractivity contribution is 6.39. The highest BCUT2D eigenvalue weighted by Gasteiger charge is 2.16. The molecule has 124 valence electrons. The van der Waals surface area contributed by atoms with Gasteiger partial charge in [0.15, 0.2) is 11.5 Å². The summed E-state index contributed by atoms with van der Waals surface area (Å²) in [7, 11) is 0. The molecule has 0 saturated heterocycles. The largest absolute Gasteiger partial charge is 0.486 e. The second-order valence-corrected chi connectivity index (χ2v) is 5.12. The van der Waals surface area contributed by atoms with Crippen LogP contribution in [0.15, 0.2) is 42.5 Å². The molecule has 2 aromatic rings. The summed E-state index contributed by atoms with van der Waals surface area (Å²) in [6.45, 7) is 1.04. The number of hydrogen-bond acceptors (Lipinski definition) is 4. The normalized spacial score (nSPS) is 12.4. The molecule has 1 aliphatic heterocycles. The quantitative estimate of drug-likeness (QED) is 0.842. The van der Waals surface area contributed by atoms with Gasteiger partial charge in [0, 0.05) is 18.3 Å². The average Bonchev–Trinajstić information content (AvgIpc) is 2.61. The summed E-state index contributed by atoms with van der Waals surface area (Å²) in [5, 5.41) is 4.96. The molecular weight excluding hydrogens is 315 g/mol. The van der Waals surface area contributed by atoms with Crippen molar-refractivity contribution in [3.05, 3.63) is 53.8 Å². The lowest BCUT2D eigenvalue weighted by atomic mass is 10.2. The fourth-order valence-electron chi connectivity index (χ4n) is 2.17. The lowest BCUT2D eigenvalue weighted by Crippen LogP contribution is -2.35. The number of rotatable bonds is 3. The average molecular weight is 330 g/mol. The number of nitrogens with one attached hydrogen (secondary N) is 2. The van der Waals surface area contributed by atoms with Crippen LogP contribution in [0.5, 0.6) is 11.5 Å². The van der Waals surface area contributed by atoms with Crippen molar-refractivity contribution in [3.8, 4) is 11.5 Å². The number of amides is 2. The van der Waals surface area contributed by atoms with Gasteiger partial charge in [-0.15, -0.1) is 0 Å². The van der Waals surface area contributed by atoms with Crippen LogP contribution in [-0.4, -0.2) is 25.0 Å². The number of halogens is 1. The zero-order chi connectivity index (χ0) is 16.9. The molecule has 6 nitrogen and oxygen atoms in total. The Bertz CT molecular complexity index is 762. The first-order valence-electron chi connectivity index (χ1n) is 7.35. The Hall–Kier alpha value is -3.09. The standard InChI is InChI=1S/C17H15FN2O4/c18-12-3-1-11(2-4-12)10-19-16(21)17(22)20-13-5-6-14-15(9-13)24-8-7-23-14/h1-6,9H,7-8,10H2,(H,19,21)(H,20,22). The predicted octanol–water partition coefficient (Wildman–Crippen LogP) is 1.85. The van der Waals surface area contributed by atoms with E-state index < -0.39 is 11.8 Å². The first-order chi connectivity index (χ1) is 11.6. The molecule has 3 rings (SSSR count). The molecule has 1 heterocycles. The summed E-state index contributed by atoms with van der Waals surface area (Å²) in [6.07, 6.45) is 0. The van der Waals surface area contributed by atoms with Gasteiger partial charge in [0.1, 0.15) is 19.0 Å². The lowest BCUT2D eigenvalue weighted by molar-refractivity contribution is -0.136. The number of benzene rings is 2. The SMILES string of the molecule is O=C(NCc1ccc(F)cc1)C(=O)Nc1ccc2c(c1)OCCO2. The van der Waals surface area contributed by atoms with Crippen molar-refractivity contribution in [1.29, 1.82) is 0 Å². The van der Waals surface area contributed by atoms with Gasteiger partial charge >= 0.3 is 11.8 Å². The van der Waals surface area contributed by atoms with E-state index in [2.05, 4.69) is 10.6 Å². The topological polar surface area (TPSA) is 76.7 Å². The van der Waals surface area contributed by atoms with E-state index in [1.165, 1.54) is 24.3 Å². The first-order valence-corrected chi connectivity index (χ1v) is 7.35. The van der Waals surface area contributed by atoms with Crippen LogP contribution in [0.4, 0.5) is 10.1 Å². The predicted molar refractivity (Wildman–Crippen MR) is 84.3 cm³/mol. The molecule has 2 aromatic carbocycles. The van der Waals surface area contributed by atoms with Crippen LogP contribution in [0.2, 0.25) is 0 Å². The van der Waals surface area contributed by atoms with Crippen molar-refractivity contribution in [2.24, 2.45) is 0 Å². The maximum absolute atomic E-state index is 12.8. The summed E-state index contributed by atoms with van der Waals surface area (Å²) < 4.78 is 23.6. The van der Waals surface area contributed by atoms with Crippen LogP contribution >= 0.6 is 0 Å². The van der Waals surface area contributed by atoms with Crippen LogP contribution < -0.4 is 20.1 Å². The first kappa shape index (κ1) is 15.8. The second kappa shape index (κ2) is 6.99. The van der Waals surface area contributed by atoms with Gasteiger partial charge in [-0.2, -0.15) is 0 Å². The van der Waals surface area contributed by atoms with E-state index in [0.29, 0.717) is 36.0 Å². The summed E-state index contributed by atoms with van der Waals surface area (Å²) >= 11 is 0. The second-order valence-electron chi connectivity index (χ2n) is 5.12. The Morgan fingerprint density at radius 3 is 2.42 bits per heavy atom. The molecule has 0 unspecified atom stereocenters. The third kappa shape index (κ3) is 3.81. The third-order valence-corrected chi connectivity index (χ3v) is 3.37. The van der Waals surface area contributed by atoms with Crippen LogP contribution in [-0.2, 0) is 16.1 Å². The highest BCUT2D eigenvalue weighted by atomic mass is 19.1. The van der Waals surface area contributed by atoms with E-state index >= 15 is 0 Å². The number of ether oxygens (including phenoxy) is 2. The Morgan fingerprint density at radius 1 is 0.958 bits per heavy atom. The van der Waals surface area contributed by atoms with Crippen LogP contribution in [0.25, 0.3) is 0 Å². The highest BCUT2D eigenvalue weighted by Crippen LogP contribution is 2.32. The van der Waals surface area contributed by atoms with Gasteiger partial charge in [0.05, 0.1) is 0 Å². The van der Waals surface area contributed by atoms with Crippen molar-refractivity contribution in [1.82, 2.24) is 5.32 Å². The molecule has 0 aliphatic carbocycles. The van der Waals surface area contributed by atoms with Gasteiger partial charge in [-0.25, -0.2) is 4.39 Å². The summed E-state index contributed by atoms with van der Waals surface area (Å²) in [6, 6.07) is 10.5. The number of fused-ring (bicyclic) bond motifs is 1. The Balaban J connectivity index is 1.56. The lowest BCUT2D eigenvalue weighted by Gasteiger charge is -2.18. The summed E-state index contributed by atoms with van der Waals surface area (Å²) in [4.78, 5) is 23.7. The van der Waals surface area contributed by atoms with Gasteiger partial charge in [-0.05, 0) is 29.8 Å². The Morgan fingerprint density at radius 2 is 1.67 bits per heavy atom. The molecule has 0 bridgehead atoms. The van der Waals surface area contributed by atoms with E-state index in [1.54, 1.807) is 18.2 Å². The number of carbonyl (C=O) groups excluding carboxylic acids is 2. The van der Waals surface area contributed by atoms with Crippen LogP contribution in [0, 0.1) is 5.82 Å². The van der Waals surface area contributed by atoms with E-state index in [1.807, 2.05) is 0 Å². The van der Waals surface area contributed by atoms with Gasteiger partial charge in [-0.1, -0.05) is 12.1 Å². The molecule has 0 saturated carbocycles. The summed E-state index contributed by atoms with van der Waals surface area (Å²) in [5.74, 6) is -0.824. The molecule has 24 heavy (non-hydrogen) atoms.